The molecule has 0 aliphatic rings. The second-order valence-corrected chi connectivity index (χ2v) is 4.45. The van der Waals surface area contributed by atoms with Crippen LogP contribution in [0, 0.1) is 0 Å². The maximum Gasteiger partial charge on any atom is 0.233 e. The zero-order valence-electron chi connectivity index (χ0n) is 11.2. The number of hydrogen-bond donors (Lipinski definition) is 2. The topological polar surface area (TPSA) is 54.3 Å². The summed E-state index contributed by atoms with van der Waals surface area (Å²) in [6, 6.07) is 3.73. The molecule has 1 amide bonds. The van der Waals surface area contributed by atoms with Crippen LogP contribution in [0.1, 0.15) is 44.8 Å². The summed E-state index contributed by atoms with van der Waals surface area (Å²) in [5, 5.41) is 5.95. The number of rotatable bonds is 10. The first-order chi connectivity index (χ1) is 8.83. The molecule has 0 saturated heterocycles. The number of amides is 1. The Balaban J connectivity index is 1.91. The van der Waals surface area contributed by atoms with E-state index in [9.17, 15) is 4.79 Å². The van der Waals surface area contributed by atoms with E-state index in [0.717, 1.165) is 18.7 Å². The van der Waals surface area contributed by atoms with Crippen molar-refractivity contribution in [2.75, 3.05) is 13.1 Å². The maximum absolute atomic E-state index is 11.5. The molecule has 18 heavy (non-hydrogen) atoms. The SMILES string of the molecule is CCCCCCCNC(=O)CNCc1ccco1. The minimum absolute atomic E-state index is 0.0528. The third kappa shape index (κ3) is 7.12. The van der Waals surface area contributed by atoms with Gasteiger partial charge in [-0.1, -0.05) is 32.6 Å². The molecule has 1 aromatic rings. The number of nitrogens with one attached hydrogen (secondary N) is 2. The van der Waals surface area contributed by atoms with Crippen molar-refractivity contribution in [2.24, 2.45) is 0 Å². The van der Waals surface area contributed by atoms with Crippen LogP contribution in [0.15, 0.2) is 22.8 Å². The molecule has 4 heteroatoms. The molecule has 0 atom stereocenters. The van der Waals surface area contributed by atoms with Gasteiger partial charge in [-0.05, 0) is 18.6 Å². The van der Waals surface area contributed by atoms with Gasteiger partial charge in [-0.25, -0.2) is 0 Å². The van der Waals surface area contributed by atoms with Crippen LogP contribution >= 0.6 is 0 Å². The lowest BCUT2D eigenvalue weighted by Crippen LogP contribution is -2.34. The van der Waals surface area contributed by atoms with Gasteiger partial charge in [0.05, 0.1) is 19.4 Å². The third-order valence-electron chi connectivity index (χ3n) is 2.77. The molecule has 1 aromatic heterocycles. The number of hydrogen-bond acceptors (Lipinski definition) is 3. The van der Waals surface area contributed by atoms with Crippen LogP contribution in [-0.4, -0.2) is 19.0 Å². The number of carbonyl (C=O) groups excluding carboxylic acids is 1. The van der Waals surface area contributed by atoms with E-state index in [4.69, 9.17) is 4.42 Å². The Morgan fingerprint density at radius 1 is 1.28 bits per heavy atom. The van der Waals surface area contributed by atoms with Crippen LogP contribution in [-0.2, 0) is 11.3 Å². The molecule has 1 rings (SSSR count). The standard InChI is InChI=1S/C14H24N2O2/c1-2-3-4-5-6-9-16-14(17)12-15-11-13-8-7-10-18-13/h7-8,10,15H,2-6,9,11-12H2,1H3,(H,16,17). The first-order valence-electron chi connectivity index (χ1n) is 6.82. The molecule has 0 aromatic carbocycles. The van der Waals surface area contributed by atoms with Crippen LogP contribution in [0.2, 0.25) is 0 Å². The molecule has 0 fully saturated rings. The third-order valence-corrected chi connectivity index (χ3v) is 2.77. The molecular formula is C14H24N2O2. The highest BCUT2D eigenvalue weighted by molar-refractivity contribution is 5.77. The number of unbranched alkanes of at least 4 members (excludes halogenated alkanes) is 4. The highest BCUT2D eigenvalue weighted by Gasteiger charge is 2.00. The van der Waals surface area contributed by atoms with Gasteiger partial charge in [0.15, 0.2) is 0 Å². The van der Waals surface area contributed by atoms with Gasteiger partial charge in [0.2, 0.25) is 5.91 Å². The minimum atomic E-state index is 0.0528. The smallest absolute Gasteiger partial charge is 0.233 e. The average Bonchev–Trinajstić information content (AvgIpc) is 2.87. The van der Waals surface area contributed by atoms with Gasteiger partial charge in [0, 0.05) is 6.54 Å². The molecule has 0 aliphatic carbocycles. The van der Waals surface area contributed by atoms with Gasteiger partial charge >= 0.3 is 0 Å². The largest absolute Gasteiger partial charge is 0.468 e. The van der Waals surface area contributed by atoms with E-state index >= 15 is 0 Å². The van der Waals surface area contributed by atoms with Gasteiger partial charge in [0.1, 0.15) is 5.76 Å². The highest BCUT2D eigenvalue weighted by Crippen LogP contribution is 2.01. The summed E-state index contributed by atoms with van der Waals surface area (Å²) >= 11 is 0. The molecule has 0 unspecified atom stereocenters. The molecular weight excluding hydrogens is 228 g/mol. The molecule has 0 bridgehead atoms. The van der Waals surface area contributed by atoms with E-state index in [1.54, 1.807) is 6.26 Å². The summed E-state index contributed by atoms with van der Waals surface area (Å²) < 4.78 is 5.16. The Labute approximate surface area is 109 Å². The molecule has 0 radical (unpaired) electrons. The van der Waals surface area contributed by atoms with Crippen molar-refractivity contribution in [1.82, 2.24) is 10.6 Å². The fourth-order valence-electron chi connectivity index (χ4n) is 1.73. The highest BCUT2D eigenvalue weighted by atomic mass is 16.3. The molecule has 1 heterocycles. The van der Waals surface area contributed by atoms with E-state index in [0.29, 0.717) is 13.1 Å². The van der Waals surface area contributed by atoms with Gasteiger partial charge < -0.3 is 15.1 Å². The van der Waals surface area contributed by atoms with Gasteiger partial charge in [0.25, 0.3) is 0 Å². The predicted molar refractivity (Wildman–Crippen MR) is 72.2 cm³/mol. The molecule has 4 nitrogen and oxygen atoms in total. The zero-order chi connectivity index (χ0) is 13.1. The van der Waals surface area contributed by atoms with Gasteiger partial charge in [-0.2, -0.15) is 0 Å². The first kappa shape index (κ1) is 14.8. The van der Waals surface area contributed by atoms with Crippen molar-refractivity contribution in [3.8, 4) is 0 Å². The Morgan fingerprint density at radius 3 is 2.83 bits per heavy atom. The monoisotopic (exact) mass is 252 g/mol. The first-order valence-corrected chi connectivity index (χ1v) is 6.82. The Morgan fingerprint density at radius 2 is 2.11 bits per heavy atom. The van der Waals surface area contributed by atoms with E-state index in [1.165, 1.54) is 25.7 Å². The Hall–Kier alpha value is -1.29. The number of furan rings is 1. The second-order valence-electron chi connectivity index (χ2n) is 4.45. The van der Waals surface area contributed by atoms with Crippen molar-refractivity contribution >= 4 is 5.91 Å². The molecule has 0 spiro atoms. The van der Waals surface area contributed by atoms with Crippen molar-refractivity contribution < 1.29 is 9.21 Å². The van der Waals surface area contributed by atoms with Crippen molar-refractivity contribution in [2.45, 2.75) is 45.6 Å². The minimum Gasteiger partial charge on any atom is -0.468 e. The number of carbonyl (C=O) groups is 1. The quantitative estimate of drug-likeness (QED) is 0.629. The summed E-state index contributed by atoms with van der Waals surface area (Å²) in [7, 11) is 0. The van der Waals surface area contributed by atoms with Crippen LogP contribution in [0.4, 0.5) is 0 Å². The summed E-state index contributed by atoms with van der Waals surface area (Å²) in [6.07, 6.45) is 7.72. The Bertz CT molecular complexity index is 310. The van der Waals surface area contributed by atoms with Crippen molar-refractivity contribution in [3.05, 3.63) is 24.2 Å². The van der Waals surface area contributed by atoms with E-state index in [1.807, 2.05) is 12.1 Å². The van der Waals surface area contributed by atoms with Gasteiger partial charge in [-0.3, -0.25) is 4.79 Å². The summed E-state index contributed by atoms with van der Waals surface area (Å²) in [4.78, 5) is 11.5. The molecule has 0 aliphatic heterocycles. The average molecular weight is 252 g/mol. The predicted octanol–water partition coefficient (Wildman–Crippen LogP) is 2.46. The van der Waals surface area contributed by atoms with E-state index in [2.05, 4.69) is 17.6 Å². The summed E-state index contributed by atoms with van der Waals surface area (Å²) in [6.45, 7) is 3.92. The van der Waals surface area contributed by atoms with E-state index in [-0.39, 0.29) is 5.91 Å². The fraction of sp³-hybridized carbons (Fsp3) is 0.643. The summed E-state index contributed by atoms with van der Waals surface area (Å²) in [5.41, 5.74) is 0. The van der Waals surface area contributed by atoms with Crippen molar-refractivity contribution in [1.29, 1.82) is 0 Å². The molecule has 2 N–H and O–H groups in total. The lowest BCUT2D eigenvalue weighted by molar-refractivity contribution is -0.120. The fourth-order valence-corrected chi connectivity index (χ4v) is 1.73. The lowest BCUT2D eigenvalue weighted by Gasteiger charge is -2.05. The normalized spacial score (nSPS) is 10.5. The maximum atomic E-state index is 11.5. The Kier molecular flexibility index (Phi) is 7.97. The van der Waals surface area contributed by atoms with Crippen LogP contribution < -0.4 is 10.6 Å². The van der Waals surface area contributed by atoms with Gasteiger partial charge in [-0.15, -0.1) is 0 Å². The van der Waals surface area contributed by atoms with Crippen LogP contribution in [0.5, 0.6) is 0 Å². The van der Waals surface area contributed by atoms with Crippen molar-refractivity contribution in [3.63, 3.8) is 0 Å². The second kappa shape index (κ2) is 9.71. The van der Waals surface area contributed by atoms with Crippen LogP contribution in [0.3, 0.4) is 0 Å². The molecule has 102 valence electrons. The van der Waals surface area contributed by atoms with Crippen LogP contribution in [0.25, 0.3) is 0 Å². The molecule has 0 saturated carbocycles. The van der Waals surface area contributed by atoms with E-state index < -0.39 is 0 Å². The summed E-state index contributed by atoms with van der Waals surface area (Å²) in [5.74, 6) is 0.902. The zero-order valence-corrected chi connectivity index (χ0v) is 11.2. The lowest BCUT2D eigenvalue weighted by atomic mass is 10.1.